The van der Waals surface area contributed by atoms with Crippen LogP contribution in [0.1, 0.15) is 72.6 Å². The minimum Gasteiger partial charge on any atom is -0.394 e. The highest BCUT2D eigenvalue weighted by atomic mass is 16.7. The molecule has 0 aromatic rings. The second-order valence-electron chi connectivity index (χ2n) is 15.1. The first-order chi connectivity index (χ1) is 21.7. The van der Waals surface area contributed by atoms with Gasteiger partial charge in [0.25, 0.3) is 0 Å². The van der Waals surface area contributed by atoms with Crippen LogP contribution in [0.3, 0.4) is 0 Å². The van der Waals surface area contributed by atoms with Crippen molar-refractivity contribution in [3.8, 4) is 0 Å². The number of carbonyl (C=O) groups excluding carboxylic acids is 2. The van der Waals surface area contributed by atoms with E-state index >= 15 is 0 Å². The fraction of sp³-hybridized carbons (Fsp3) is 0.882. The third-order valence-electron chi connectivity index (χ3n) is 12.7. The molecule has 0 spiro atoms. The summed E-state index contributed by atoms with van der Waals surface area (Å²) in [6, 6.07) is 0. The minimum absolute atomic E-state index is 0.0000260. The smallest absolute Gasteiger partial charge is 0.166 e. The Hall–Kier alpha value is -1.32. The summed E-state index contributed by atoms with van der Waals surface area (Å²) in [6.07, 6.45) is 0.254. The normalized spacial score (nSPS) is 53.0. The quantitative estimate of drug-likeness (QED) is 0.273. The lowest BCUT2D eigenvalue weighted by atomic mass is 9.46. The molecule has 3 saturated carbocycles. The maximum absolute atomic E-state index is 14.1. The lowest BCUT2D eigenvalue weighted by molar-refractivity contribution is -0.265. The molecule has 0 aromatic carbocycles. The number of ketones is 2. The van der Waals surface area contributed by atoms with Crippen LogP contribution in [0.4, 0.5) is 0 Å². The molecule has 3 heterocycles. The van der Waals surface area contributed by atoms with Crippen molar-refractivity contribution in [1.29, 1.82) is 0 Å². The van der Waals surface area contributed by atoms with E-state index in [4.69, 9.17) is 44.1 Å². The molecule has 0 aromatic heterocycles. The number of hydrogen-bond donors (Lipinski definition) is 5. The van der Waals surface area contributed by atoms with E-state index in [1.807, 2.05) is 13.8 Å². The van der Waals surface area contributed by atoms with Crippen molar-refractivity contribution in [1.82, 2.24) is 0 Å². The van der Waals surface area contributed by atoms with Crippen molar-refractivity contribution >= 4 is 11.6 Å². The van der Waals surface area contributed by atoms with Gasteiger partial charge in [-0.25, -0.2) is 0 Å². The Morgan fingerprint density at radius 3 is 2.39 bits per heavy atom. The van der Waals surface area contributed by atoms with Gasteiger partial charge in [-0.05, 0) is 50.9 Å². The first kappa shape index (κ1) is 34.5. The summed E-state index contributed by atoms with van der Waals surface area (Å²) < 4.78 is 28.8. The molecule has 4 aliphatic carbocycles. The van der Waals surface area contributed by atoms with E-state index in [2.05, 4.69) is 19.9 Å². The molecule has 7 rings (SSSR count). The summed E-state index contributed by atoms with van der Waals surface area (Å²) in [5.41, 5.74) is 0.668. The molecule has 3 saturated heterocycles. The van der Waals surface area contributed by atoms with Crippen molar-refractivity contribution in [3.63, 3.8) is 0 Å². The van der Waals surface area contributed by atoms with Gasteiger partial charge in [-0.15, -0.1) is 0 Å². The molecule has 3 aliphatic heterocycles. The monoisotopic (exact) mass is 652 g/mol. The molecule has 17 atom stereocenters. The average molecular weight is 653 g/mol. The Kier molecular flexibility index (Phi) is 9.65. The number of aliphatic hydroxyl groups is 5. The van der Waals surface area contributed by atoms with Crippen molar-refractivity contribution in [2.45, 2.75) is 140 Å². The van der Waals surface area contributed by atoms with Gasteiger partial charge in [0.2, 0.25) is 0 Å². The van der Waals surface area contributed by atoms with E-state index in [9.17, 15) is 14.7 Å². The SMILES string of the molecule is CO[C@@H]1C[C@H](O[C@H]2CC[C@@]3(C)C(=CC[C@H]4[C@H]5C(=O)C[C@H]6[C@H](C)O[C@@H](C(=O)[C@@H]43)[C@@]56C)C2)O[C@H](C)[C@@H]1O.OC[C@H]1OC(O)C[C@@H](O)[C@@H]1O. The van der Waals surface area contributed by atoms with Crippen molar-refractivity contribution in [2.75, 3.05) is 13.7 Å². The summed E-state index contributed by atoms with van der Waals surface area (Å²) in [4.78, 5) is 27.4. The molecule has 0 bridgehead atoms. The van der Waals surface area contributed by atoms with E-state index in [0.29, 0.717) is 18.6 Å². The number of Topliss-reactive ketones (excluding diaryl/α,β-unsaturated/α-hetero) is 2. The fourth-order valence-electron chi connectivity index (χ4n) is 10.2. The van der Waals surface area contributed by atoms with Crippen LogP contribution in [-0.4, -0.2) is 118 Å². The Labute approximate surface area is 270 Å². The van der Waals surface area contributed by atoms with Crippen molar-refractivity contribution < 1.29 is 58.8 Å². The van der Waals surface area contributed by atoms with Crippen molar-refractivity contribution in [2.24, 2.45) is 34.5 Å². The molecule has 0 amide bonds. The molecular formula is C34H52O12. The van der Waals surface area contributed by atoms with E-state index < -0.39 is 49.7 Å². The molecule has 12 nitrogen and oxygen atoms in total. The Morgan fingerprint density at radius 1 is 0.957 bits per heavy atom. The number of allylic oxidation sites excluding steroid dienone is 1. The summed E-state index contributed by atoms with van der Waals surface area (Å²) in [6.45, 7) is 7.86. The second-order valence-corrected chi connectivity index (χ2v) is 15.1. The summed E-state index contributed by atoms with van der Waals surface area (Å²) >= 11 is 0. The molecule has 260 valence electrons. The number of hydrogen-bond acceptors (Lipinski definition) is 12. The van der Waals surface area contributed by atoms with Crippen LogP contribution in [0, 0.1) is 34.5 Å². The molecule has 7 aliphatic rings. The van der Waals surface area contributed by atoms with Gasteiger partial charge < -0.3 is 49.2 Å². The van der Waals surface area contributed by atoms with Gasteiger partial charge >= 0.3 is 0 Å². The predicted molar refractivity (Wildman–Crippen MR) is 161 cm³/mol. The first-order valence-corrected chi connectivity index (χ1v) is 17.0. The van der Waals surface area contributed by atoms with Crippen LogP contribution < -0.4 is 0 Å². The predicted octanol–water partition coefficient (Wildman–Crippen LogP) is 1.02. The highest BCUT2D eigenvalue weighted by Gasteiger charge is 2.72. The minimum atomic E-state index is -1.11. The third kappa shape index (κ3) is 5.54. The lowest BCUT2D eigenvalue weighted by Crippen LogP contribution is -2.61. The number of ether oxygens (including phenoxy) is 5. The van der Waals surface area contributed by atoms with Crippen LogP contribution in [-0.2, 0) is 33.3 Å². The third-order valence-corrected chi connectivity index (χ3v) is 12.7. The Morgan fingerprint density at radius 2 is 1.70 bits per heavy atom. The first-order valence-electron chi connectivity index (χ1n) is 17.0. The van der Waals surface area contributed by atoms with E-state index in [-0.39, 0.29) is 71.1 Å². The molecule has 46 heavy (non-hydrogen) atoms. The van der Waals surface area contributed by atoms with Crippen LogP contribution >= 0.6 is 0 Å². The molecule has 1 unspecified atom stereocenters. The number of carbonyl (C=O) groups is 2. The standard InChI is InChI=1S/C28H40O7.C6H12O5/c1-13-18-11-19(29)22-17-7-6-15-10-16(35-21-12-20(32-5)24(30)14(2)33-21)8-9-27(15,3)23(17)25(31)26(34-13)28(18,22)4;7-2-4-6(10)3(8)1-5(9)11-4/h6,13-14,16-18,20-24,26,30H,7-12H2,1-5H3;3-10H,1-2H2/t13-,14+,16-,17-,18-,20+,21-,22-,23+,24-,26-,27-,28+;3-,4-,5?,6+/m01/s1. The Balaban J connectivity index is 0.000000288. The Bertz CT molecular complexity index is 1190. The number of fused-ring (bicyclic) bond motifs is 4. The number of rotatable bonds is 4. The van der Waals surface area contributed by atoms with Crippen LogP contribution in [0.25, 0.3) is 0 Å². The van der Waals surface area contributed by atoms with Crippen LogP contribution in [0.5, 0.6) is 0 Å². The van der Waals surface area contributed by atoms with Gasteiger partial charge in [-0.3, -0.25) is 9.59 Å². The average Bonchev–Trinajstić information content (AvgIpc) is 3.43. The molecule has 6 fully saturated rings. The molecule has 12 heteroatoms. The molecular weight excluding hydrogens is 600 g/mol. The maximum Gasteiger partial charge on any atom is 0.166 e. The second kappa shape index (κ2) is 12.9. The van der Waals surface area contributed by atoms with E-state index in [1.54, 1.807) is 7.11 Å². The van der Waals surface area contributed by atoms with Gasteiger partial charge in [0.05, 0.1) is 37.1 Å². The largest absolute Gasteiger partial charge is 0.394 e. The van der Waals surface area contributed by atoms with Crippen LogP contribution in [0.2, 0.25) is 0 Å². The van der Waals surface area contributed by atoms with Crippen LogP contribution in [0.15, 0.2) is 11.6 Å². The van der Waals surface area contributed by atoms with Gasteiger partial charge in [-0.2, -0.15) is 0 Å². The number of methoxy groups -OCH3 is 1. The lowest BCUT2D eigenvalue weighted by Gasteiger charge is -2.57. The highest BCUT2D eigenvalue weighted by Crippen LogP contribution is 2.67. The van der Waals surface area contributed by atoms with Gasteiger partial charge in [-0.1, -0.05) is 25.5 Å². The number of aliphatic hydroxyl groups excluding tert-OH is 5. The maximum atomic E-state index is 14.1. The van der Waals surface area contributed by atoms with E-state index in [1.165, 1.54) is 5.57 Å². The van der Waals surface area contributed by atoms with Gasteiger partial charge in [0, 0.05) is 49.5 Å². The van der Waals surface area contributed by atoms with Gasteiger partial charge in [0.1, 0.15) is 30.2 Å². The molecule has 5 N–H and O–H groups in total. The van der Waals surface area contributed by atoms with E-state index in [0.717, 1.165) is 25.7 Å². The fourth-order valence-corrected chi connectivity index (χ4v) is 10.2. The topological polar surface area (TPSA) is 181 Å². The summed E-state index contributed by atoms with van der Waals surface area (Å²) in [5.74, 6) is 0.557. The summed E-state index contributed by atoms with van der Waals surface area (Å²) in [7, 11) is 1.61. The molecule has 0 radical (unpaired) electrons. The van der Waals surface area contributed by atoms with Crippen molar-refractivity contribution in [3.05, 3.63) is 11.6 Å². The summed E-state index contributed by atoms with van der Waals surface area (Å²) in [5, 5.41) is 45.9. The zero-order chi connectivity index (χ0) is 33.3. The highest BCUT2D eigenvalue weighted by molar-refractivity contribution is 5.96. The van der Waals surface area contributed by atoms with Gasteiger partial charge in [0.15, 0.2) is 18.4 Å². The zero-order valence-electron chi connectivity index (χ0n) is 27.5. The zero-order valence-corrected chi connectivity index (χ0v) is 27.5.